The summed E-state index contributed by atoms with van der Waals surface area (Å²) in [6, 6.07) is 0. The number of hydrogen-bond donors (Lipinski definition) is 0. The van der Waals surface area contributed by atoms with Gasteiger partial charge in [0.2, 0.25) is 0 Å². The first kappa shape index (κ1) is 39.7. The van der Waals surface area contributed by atoms with Crippen molar-refractivity contribution in [3.63, 3.8) is 0 Å². The van der Waals surface area contributed by atoms with E-state index in [-0.39, 0.29) is 18.4 Å². The first-order valence-corrected chi connectivity index (χ1v) is 17.3. The summed E-state index contributed by atoms with van der Waals surface area (Å²) in [4.78, 5) is 23.9. The molecule has 0 bridgehead atoms. The van der Waals surface area contributed by atoms with E-state index in [2.05, 4.69) is 6.92 Å². The highest BCUT2D eigenvalue weighted by molar-refractivity contribution is 6.12. The van der Waals surface area contributed by atoms with Gasteiger partial charge in [-0.2, -0.15) is 0 Å². The molecular formula is C34H63NO8. The molecule has 0 aromatic carbocycles. The molecule has 0 N–H and O–H groups in total. The lowest BCUT2D eigenvalue weighted by atomic mass is 10.0. The molecule has 0 saturated carbocycles. The highest BCUT2D eigenvalue weighted by Gasteiger charge is 2.22. The van der Waals surface area contributed by atoms with E-state index < -0.39 is 0 Å². The molecule has 1 rings (SSSR count). The van der Waals surface area contributed by atoms with Gasteiger partial charge in [0, 0.05) is 18.8 Å². The first-order chi connectivity index (χ1) is 21.3. The Hall–Kier alpha value is -1.36. The topological polar surface area (TPSA) is 92.8 Å². The Bertz CT molecular complexity index is 642. The third kappa shape index (κ3) is 26.7. The molecule has 0 aromatic rings. The van der Waals surface area contributed by atoms with Gasteiger partial charge in [-0.25, -0.2) is 0 Å². The Labute approximate surface area is 262 Å². The fourth-order valence-electron chi connectivity index (χ4n) is 4.76. The summed E-state index contributed by atoms with van der Waals surface area (Å²) in [5.74, 6) is -0.585. The van der Waals surface area contributed by atoms with Gasteiger partial charge in [0.25, 0.3) is 11.8 Å². The average molecular weight is 614 g/mol. The van der Waals surface area contributed by atoms with E-state index in [9.17, 15) is 9.59 Å². The van der Waals surface area contributed by atoms with E-state index in [1.54, 1.807) is 0 Å². The Morgan fingerprint density at radius 2 is 0.674 bits per heavy atom. The summed E-state index contributed by atoms with van der Waals surface area (Å²) < 4.78 is 33.0. The largest absolute Gasteiger partial charge is 0.379 e. The summed E-state index contributed by atoms with van der Waals surface area (Å²) in [5, 5.41) is 0. The predicted octanol–water partition coefficient (Wildman–Crippen LogP) is 6.27. The summed E-state index contributed by atoms with van der Waals surface area (Å²) in [6.45, 7) is 8.82. The fourth-order valence-corrected chi connectivity index (χ4v) is 4.76. The maximum atomic E-state index is 11.4. The van der Waals surface area contributed by atoms with Crippen molar-refractivity contribution in [1.82, 2.24) is 4.90 Å². The number of rotatable bonds is 35. The lowest BCUT2D eigenvalue weighted by molar-refractivity contribution is -0.137. The predicted molar refractivity (Wildman–Crippen MR) is 170 cm³/mol. The molecule has 0 saturated heterocycles. The van der Waals surface area contributed by atoms with Crippen molar-refractivity contribution < 1.29 is 38.0 Å². The van der Waals surface area contributed by atoms with Crippen molar-refractivity contribution >= 4 is 11.8 Å². The van der Waals surface area contributed by atoms with Crippen LogP contribution in [-0.4, -0.2) is 103 Å². The van der Waals surface area contributed by atoms with E-state index in [1.807, 2.05) is 0 Å². The van der Waals surface area contributed by atoms with Crippen molar-refractivity contribution in [2.45, 2.75) is 110 Å². The third-order valence-corrected chi connectivity index (χ3v) is 7.36. The lowest BCUT2D eigenvalue weighted by Gasteiger charge is -2.13. The number of unbranched alkanes of at least 4 members (excludes halogenated alkanes) is 15. The lowest BCUT2D eigenvalue weighted by Crippen LogP contribution is -2.33. The first-order valence-electron chi connectivity index (χ1n) is 17.3. The van der Waals surface area contributed by atoms with Gasteiger partial charge in [0.1, 0.15) is 0 Å². The minimum Gasteiger partial charge on any atom is -0.379 e. The van der Waals surface area contributed by atoms with E-state index in [0.29, 0.717) is 72.7 Å². The average Bonchev–Trinajstić information content (AvgIpc) is 3.33. The number of imide groups is 1. The van der Waals surface area contributed by atoms with Gasteiger partial charge in [0.15, 0.2) is 0 Å². The molecule has 0 fully saturated rings. The molecule has 252 valence electrons. The molecule has 9 nitrogen and oxygen atoms in total. The van der Waals surface area contributed by atoms with Crippen LogP contribution >= 0.6 is 0 Å². The second kappa shape index (κ2) is 32.0. The molecule has 0 atom stereocenters. The molecule has 1 aliphatic heterocycles. The van der Waals surface area contributed by atoms with Gasteiger partial charge in [-0.15, -0.1) is 0 Å². The second-order valence-corrected chi connectivity index (χ2v) is 11.1. The smallest absolute Gasteiger partial charge is 0.253 e. The molecule has 2 amide bonds. The van der Waals surface area contributed by atoms with E-state index >= 15 is 0 Å². The highest BCUT2D eigenvalue weighted by Crippen LogP contribution is 2.13. The van der Waals surface area contributed by atoms with Crippen LogP contribution in [0.3, 0.4) is 0 Å². The molecule has 9 heteroatoms. The standard InChI is InChI=1S/C34H63NO8/c1-2-3-4-5-6-7-8-9-10-11-12-13-14-15-16-17-21-38-23-25-40-27-29-42-31-32-43-30-28-41-26-24-39-22-20-35-33(36)18-19-34(35)37/h18-19H,2-17,20-32H2,1H3. The van der Waals surface area contributed by atoms with Crippen molar-refractivity contribution in [2.24, 2.45) is 0 Å². The molecule has 0 radical (unpaired) electrons. The van der Waals surface area contributed by atoms with E-state index in [0.717, 1.165) is 17.9 Å². The van der Waals surface area contributed by atoms with Crippen LogP contribution in [0.15, 0.2) is 12.2 Å². The van der Waals surface area contributed by atoms with Gasteiger partial charge < -0.3 is 28.4 Å². The van der Waals surface area contributed by atoms with Crippen molar-refractivity contribution in [3.05, 3.63) is 12.2 Å². The minimum atomic E-state index is -0.292. The summed E-state index contributed by atoms with van der Waals surface area (Å²) >= 11 is 0. The highest BCUT2D eigenvalue weighted by atomic mass is 16.6. The minimum absolute atomic E-state index is 0.256. The van der Waals surface area contributed by atoms with Gasteiger partial charge in [0.05, 0.1) is 79.2 Å². The Morgan fingerprint density at radius 1 is 0.395 bits per heavy atom. The molecule has 1 heterocycles. The number of amides is 2. The van der Waals surface area contributed by atoms with Gasteiger partial charge in [-0.05, 0) is 6.42 Å². The van der Waals surface area contributed by atoms with Crippen LogP contribution in [0.1, 0.15) is 110 Å². The van der Waals surface area contributed by atoms with E-state index in [4.69, 9.17) is 28.4 Å². The van der Waals surface area contributed by atoms with Crippen molar-refractivity contribution in [3.8, 4) is 0 Å². The van der Waals surface area contributed by atoms with Crippen LogP contribution in [-0.2, 0) is 38.0 Å². The molecule has 1 aliphatic rings. The Morgan fingerprint density at radius 3 is 1.02 bits per heavy atom. The number of nitrogens with zero attached hydrogens (tertiary/aromatic N) is 1. The molecular weight excluding hydrogens is 550 g/mol. The van der Waals surface area contributed by atoms with Crippen LogP contribution in [0.2, 0.25) is 0 Å². The summed E-state index contributed by atoms with van der Waals surface area (Å²) in [6.07, 6.45) is 24.7. The van der Waals surface area contributed by atoms with Gasteiger partial charge >= 0.3 is 0 Å². The maximum Gasteiger partial charge on any atom is 0.253 e. The number of hydrogen-bond acceptors (Lipinski definition) is 8. The van der Waals surface area contributed by atoms with Crippen LogP contribution in [0.25, 0.3) is 0 Å². The fraction of sp³-hybridized carbons (Fsp3) is 0.882. The maximum absolute atomic E-state index is 11.4. The summed E-state index contributed by atoms with van der Waals surface area (Å²) in [7, 11) is 0. The van der Waals surface area contributed by atoms with Crippen molar-refractivity contribution in [1.29, 1.82) is 0 Å². The van der Waals surface area contributed by atoms with Crippen molar-refractivity contribution in [2.75, 3.05) is 85.8 Å². The van der Waals surface area contributed by atoms with Crippen LogP contribution < -0.4 is 0 Å². The summed E-state index contributed by atoms with van der Waals surface area (Å²) in [5.41, 5.74) is 0. The van der Waals surface area contributed by atoms with E-state index in [1.165, 1.54) is 108 Å². The van der Waals surface area contributed by atoms with Crippen LogP contribution in [0.4, 0.5) is 0 Å². The zero-order chi connectivity index (χ0) is 30.9. The molecule has 0 aromatic heterocycles. The molecule has 0 unspecified atom stereocenters. The zero-order valence-corrected chi connectivity index (χ0v) is 27.4. The number of carbonyl (C=O) groups excluding carboxylic acids is 2. The molecule has 0 aliphatic carbocycles. The SMILES string of the molecule is CCCCCCCCCCCCCCCCCCOCCOCCOCCOCCOCCOCCN1C(=O)C=CC1=O. The van der Waals surface area contributed by atoms with Gasteiger partial charge in [-0.3, -0.25) is 14.5 Å². The number of carbonyl (C=O) groups is 2. The molecule has 43 heavy (non-hydrogen) atoms. The third-order valence-electron chi connectivity index (χ3n) is 7.36. The Kier molecular flexibility index (Phi) is 29.6. The van der Waals surface area contributed by atoms with Crippen LogP contribution in [0.5, 0.6) is 0 Å². The van der Waals surface area contributed by atoms with Crippen LogP contribution in [0, 0.1) is 0 Å². The normalized spacial score (nSPS) is 13.2. The monoisotopic (exact) mass is 613 g/mol. The molecule has 0 spiro atoms. The van der Waals surface area contributed by atoms with Gasteiger partial charge in [-0.1, -0.05) is 103 Å². The Balaban J connectivity index is 1.62. The number of ether oxygens (including phenoxy) is 6. The second-order valence-electron chi connectivity index (χ2n) is 11.1. The zero-order valence-electron chi connectivity index (χ0n) is 27.4. The quantitative estimate of drug-likeness (QED) is 0.0610.